The van der Waals surface area contributed by atoms with Gasteiger partial charge in [0.2, 0.25) is 0 Å². The number of thiophene rings is 1. The number of carbonyl (C=O) groups is 1. The number of methoxy groups -OCH3 is 1. The molecule has 0 aromatic carbocycles. The van der Waals surface area contributed by atoms with Crippen molar-refractivity contribution < 1.29 is 9.53 Å². The molecule has 1 aliphatic carbocycles. The number of hydrogen-bond donors (Lipinski definition) is 2. The molecule has 1 aliphatic rings. The standard InChI is InChI=1S/C16H24N2O2S/c1-3-9-18-16-14(15(19)17-10-6-11-20-2)12-7-4-5-8-13(12)21-16/h3,18H,1,4-11H2,2H3,(H,17,19). The second-order valence-corrected chi connectivity index (χ2v) is 6.29. The molecule has 21 heavy (non-hydrogen) atoms. The molecule has 2 rings (SSSR count). The van der Waals surface area contributed by atoms with E-state index in [9.17, 15) is 4.79 Å². The van der Waals surface area contributed by atoms with E-state index in [1.807, 2.05) is 6.08 Å². The molecule has 1 aromatic rings. The van der Waals surface area contributed by atoms with Crippen LogP contribution in [0.25, 0.3) is 0 Å². The van der Waals surface area contributed by atoms with Crippen LogP contribution in [0, 0.1) is 0 Å². The number of aryl methyl sites for hydroxylation is 1. The fourth-order valence-corrected chi connectivity index (χ4v) is 3.90. The van der Waals surface area contributed by atoms with Crippen LogP contribution in [0.3, 0.4) is 0 Å². The van der Waals surface area contributed by atoms with Gasteiger partial charge >= 0.3 is 0 Å². The van der Waals surface area contributed by atoms with Crippen LogP contribution in [0.5, 0.6) is 0 Å². The van der Waals surface area contributed by atoms with Crippen LogP contribution in [0.4, 0.5) is 5.00 Å². The zero-order valence-electron chi connectivity index (χ0n) is 12.7. The van der Waals surface area contributed by atoms with Crippen LogP contribution in [0.15, 0.2) is 12.7 Å². The summed E-state index contributed by atoms with van der Waals surface area (Å²) in [6, 6.07) is 0. The normalized spacial score (nSPS) is 13.6. The summed E-state index contributed by atoms with van der Waals surface area (Å²) in [5.74, 6) is 0.0389. The van der Waals surface area contributed by atoms with Crippen LogP contribution < -0.4 is 10.6 Å². The number of hydrogen-bond acceptors (Lipinski definition) is 4. The summed E-state index contributed by atoms with van der Waals surface area (Å²) in [7, 11) is 1.67. The number of carbonyl (C=O) groups excluding carboxylic acids is 1. The number of ether oxygens (including phenoxy) is 1. The van der Waals surface area contributed by atoms with Crippen molar-refractivity contribution in [1.29, 1.82) is 0 Å². The first-order valence-electron chi connectivity index (χ1n) is 7.54. The van der Waals surface area contributed by atoms with Crippen LogP contribution in [-0.4, -0.2) is 32.7 Å². The van der Waals surface area contributed by atoms with E-state index in [0.29, 0.717) is 19.7 Å². The number of nitrogens with one attached hydrogen (secondary N) is 2. The highest BCUT2D eigenvalue weighted by atomic mass is 32.1. The van der Waals surface area contributed by atoms with Crippen molar-refractivity contribution in [2.75, 3.05) is 32.1 Å². The lowest BCUT2D eigenvalue weighted by atomic mass is 9.95. The maximum Gasteiger partial charge on any atom is 0.254 e. The summed E-state index contributed by atoms with van der Waals surface area (Å²) < 4.78 is 5.01. The van der Waals surface area contributed by atoms with E-state index in [1.165, 1.54) is 23.3 Å². The summed E-state index contributed by atoms with van der Waals surface area (Å²) in [5, 5.41) is 7.32. The van der Waals surface area contributed by atoms with Gasteiger partial charge in [-0.25, -0.2) is 0 Å². The smallest absolute Gasteiger partial charge is 0.254 e. The van der Waals surface area contributed by atoms with Crippen LogP contribution >= 0.6 is 11.3 Å². The third kappa shape index (κ3) is 4.08. The van der Waals surface area contributed by atoms with Gasteiger partial charge in [-0.2, -0.15) is 0 Å². The maximum absolute atomic E-state index is 12.5. The minimum atomic E-state index is 0.0389. The molecule has 1 heterocycles. The lowest BCUT2D eigenvalue weighted by Gasteiger charge is -2.13. The minimum Gasteiger partial charge on any atom is -0.385 e. The topological polar surface area (TPSA) is 50.4 Å². The SMILES string of the molecule is C=CCNc1sc2c(c1C(=O)NCCCOC)CCCC2. The van der Waals surface area contributed by atoms with Gasteiger partial charge < -0.3 is 15.4 Å². The quantitative estimate of drug-likeness (QED) is 0.573. The largest absolute Gasteiger partial charge is 0.385 e. The number of rotatable bonds is 8. The summed E-state index contributed by atoms with van der Waals surface area (Å²) in [4.78, 5) is 13.9. The Balaban J connectivity index is 2.12. The first-order chi connectivity index (χ1) is 10.3. The molecule has 0 atom stereocenters. The molecule has 0 spiro atoms. The van der Waals surface area contributed by atoms with Crippen molar-refractivity contribution in [2.45, 2.75) is 32.1 Å². The van der Waals surface area contributed by atoms with Gasteiger partial charge in [-0.1, -0.05) is 6.08 Å². The van der Waals surface area contributed by atoms with Gasteiger partial charge in [0.25, 0.3) is 5.91 Å². The molecule has 0 radical (unpaired) electrons. The van der Waals surface area contributed by atoms with Crippen molar-refractivity contribution in [3.8, 4) is 0 Å². The van der Waals surface area contributed by atoms with E-state index in [-0.39, 0.29) is 5.91 Å². The molecule has 0 aliphatic heterocycles. The summed E-state index contributed by atoms with van der Waals surface area (Å²) in [5.41, 5.74) is 2.11. The molecule has 2 N–H and O–H groups in total. The zero-order chi connectivity index (χ0) is 15.1. The fraction of sp³-hybridized carbons (Fsp3) is 0.562. The van der Waals surface area contributed by atoms with Crippen molar-refractivity contribution in [3.63, 3.8) is 0 Å². The second kappa shape index (κ2) is 8.20. The van der Waals surface area contributed by atoms with E-state index in [2.05, 4.69) is 17.2 Å². The lowest BCUT2D eigenvalue weighted by Crippen LogP contribution is -2.27. The Labute approximate surface area is 130 Å². The average Bonchev–Trinajstić information content (AvgIpc) is 2.87. The van der Waals surface area contributed by atoms with Gasteiger partial charge in [0.05, 0.1) is 5.56 Å². The van der Waals surface area contributed by atoms with E-state index in [0.717, 1.165) is 29.8 Å². The highest BCUT2D eigenvalue weighted by molar-refractivity contribution is 7.16. The summed E-state index contributed by atoms with van der Waals surface area (Å²) >= 11 is 1.73. The Morgan fingerprint density at radius 3 is 3.00 bits per heavy atom. The van der Waals surface area contributed by atoms with Crippen LogP contribution in [-0.2, 0) is 17.6 Å². The Morgan fingerprint density at radius 1 is 1.43 bits per heavy atom. The number of anilines is 1. The van der Waals surface area contributed by atoms with Crippen molar-refractivity contribution in [2.24, 2.45) is 0 Å². The van der Waals surface area contributed by atoms with E-state index < -0.39 is 0 Å². The maximum atomic E-state index is 12.5. The van der Waals surface area contributed by atoms with Crippen LogP contribution in [0.1, 0.15) is 40.1 Å². The molecule has 1 amide bonds. The summed E-state index contributed by atoms with van der Waals surface area (Å²) in [6.45, 7) is 5.74. The number of fused-ring (bicyclic) bond motifs is 1. The molecular formula is C16H24N2O2S. The van der Waals surface area contributed by atoms with Gasteiger partial charge in [0, 0.05) is 31.7 Å². The minimum absolute atomic E-state index is 0.0389. The van der Waals surface area contributed by atoms with E-state index in [4.69, 9.17) is 4.74 Å². The third-order valence-electron chi connectivity index (χ3n) is 3.62. The van der Waals surface area contributed by atoms with Gasteiger partial charge in [-0.3, -0.25) is 4.79 Å². The highest BCUT2D eigenvalue weighted by Gasteiger charge is 2.24. The summed E-state index contributed by atoms with van der Waals surface area (Å²) in [6.07, 6.45) is 7.17. The molecule has 5 heteroatoms. The molecule has 116 valence electrons. The van der Waals surface area contributed by atoms with Gasteiger partial charge in [0.1, 0.15) is 5.00 Å². The Hall–Kier alpha value is -1.33. The molecule has 0 unspecified atom stereocenters. The Bertz CT molecular complexity index is 497. The van der Waals surface area contributed by atoms with E-state index >= 15 is 0 Å². The van der Waals surface area contributed by atoms with Crippen molar-refractivity contribution >= 4 is 22.2 Å². The zero-order valence-corrected chi connectivity index (χ0v) is 13.5. The molecular weight excluding hydrogens is 284 g/mol. The fourth-order valence-electron chi connectivity index (χ4n) is 2.60. The first-order valence-corrected chi connectivity index (χ1v) is 8.36. The predicted octanol–water partition coefficient (Wildman–Crippen LogP) is 2.99. The van der Waals surface area contributed by atoms with Crippen molar-refractivity contribution in [3.05, 3.63) is 28.7 Å². The van der Waals surface area contributed by atoms with Gasteiger partial charge in [0.15, 0.2) is 0 Å². The lowest BCUT2D eigenvalue weighted by molar-refractivity contribution is 0.0948. The molecule has 0 saturated heterocycles. The predicted molar refractivity (Wildman–Crippen MR) is 88.5 cm³/mol. The van der Waals surface area contributed by atoms with Gasteiger partial charge in [-0.05, 0) is 37.7 Å². The molecule has 0 bridgehead atoms. The number of amides is 1. The van der Waals surface area contributed by atoms with Gasteiger partial charge in [-0.15, -0.1) is 17.9 Å². The third-order valence-corrected chi connectivity index (χ3v) is 4.87. The molecule has 1 aromatic heterocycles. The van der Waals surface area contributed by atoms with E-state index in [1.54, 1.807) is 18.4 Å². The monoisotopic (exact) mass is 308 g/mol. The van der Waals surface area contributed by atoms with Crippen molar-refractivity contribution in [1.82, 2.24) is 5.32 Å². The average molecular weight is 308 g/mol. The van der Waals surface area contributed by atoms with Crippen LogP contribution in [0.2, 0.25) is 0 Å². The highest BCUT2D eigenvalue weighted by Crippen LogP contribution is 2.38. The second-order valence-electron chi connectivity index (χ2n) is 5.19. The molecule has 4 nitrogen and oxygen atoms in total. The molecule has 0 saturated carbocycles. The molecule has 0 fully saturated rings. The Kier molecular flexibility index (Phi) is 6.26. The Morgan fingerprint density at radius 2 is 2.24 bits per heavy atom. The first kappa shape index (κ1) is 16.0.